The van der Waals surface area contributed by atoms with Gasteiger partial charge in [0.25, 0.3) is 0 Å². The van der Waals surface area contributed by atoms with Crippen molar-refractivity contribution in [1.29, 1.82) is 0 Å². The van der Waals surface area contributed by atoms with Gasteiger partial charge in [0.05, 0.1) is 0 Å². The Labute approximate surface area is 144 Å². The molecule has 2 aliphatic rings. The van der Waals surface area contributed by atoms with Gasteiger partial charge in [-0.05, 0) is 56.3 Å². The summed E-state index contributed by atoms with van der Waals surface area (Å²) in [6, 6.07) is 4.25. The van der Waals surface area contributed by atoms with Crippen LogP contribution < -0.4 is 0 Å². The number of nitrogens with zero attached hydrogens (tertiary/aromatic N) is 5. The number of hydrogen-bond donors (Lipinski definition) is 0. The molecule has 2 aliphatic heterocycles. The fourth-order valence-electron chi connectivity index (χ4n) is 4.12. The Morgan fingerprint density at radius 1 is 1.00 bits per heavy atom. The summed E-state index contributed by atoms with van der Waals surface area (Å²) in [4.78, 5) is 6.71. The molecule has 1 atom stereocenters. The Hall–Kier alpha value is -1.75. The summed E-state index contributed by atoms with van der Waals surface area (Å²) >= 11 is 0. The maximum Gasteiger partial charge on any atom is 0.137 e. The molecule has 2 aromatic heterocycles. The standard InChI is InChI=1S/C19H27N5/c1-2-6-18-21-22-19(24(18)13-3-1)17-5-4-12-23(15-17)14-9-16-7-10-20-11-8-16/h7-8,10-11,17H,1-6,9,12-15H2/t17-/m1/s1. The third-order valence-corrected chi connectivity index (χ3v) is 5.47. The molecule has 128 valence electrons. The highest BCUT2D eigenvalue weighted by Crippen LogP contribution is 2.28. The molecule has 5 nitrogen and oxygen atoms in total. The molecule has 1 fully saturated rings. The number of rotatable bonds is 4. The Balaban J connectivity index is 1.41. The van der Waals surface area contributed by atoms with Crippen molar-refractivity contribution in [1.82, 2.24) is 24.6 Å². The molecule has 4 heterocycles. The largest absolute Gasteiger partial charge is 0.315 e. The molecule has 0 saturated carbocycles. The van der Waals surface area contributed by atoms with Gasteiger partial charge < -0.3 is 9.47 Å². The molecule has 0 aromatic carbocycles. The van der Waals surface area contributed by atoms with Crippen LogP contribution >= 0.6 is 0 Å². The van der Waals surface area contributed by atoms with Gasteiger partial charge >= 0.3 is 0 Å². The number of hydrogen-bond acceptors (Lipinski definition) is 4. The third-order valence-electron chi connectivity index (χ3n) is 5.47. The molecular formula is C19H27N5. The first kappa shape index (κ1) is 15.8. The lowest BCUT2D eigenvalue weighted by Crippen LogP contribution is -2.36. The monoisotopic (exact) mass is 325 g/mol. The molecule has 24 heavy (non-hydrogen) atoms. The lowest BCUT2D eigenvalue weighted by Gasteiger charge is -2.32. The van der Waals surface area contributed by atoms with E-state index in [0.717, 1.165) is 32.5 Å². The molecule has 1 saturated heterocycles. The molecule has 0 unspecified atom stereocenters. The molecule has 0 amide bonds. The van der Waals surface area contributed by atoms with E-state index in [2.05, 4.69) is 36.8 Å². The Kier molecular flexibility index (Phi) is 4.88. The summed E-state index contributed by atoms with van der Waals surface area (Å²) in [7, 11) is 0. The number of pyridine rings is 1. The fourth-order valence-corrected chi connectivity index (χ4v) is 4.12. The van der Waals surface area contributed by atoms with Crippen molar-refractivity contribution in [2.75, 3.05) is 19.6 Å². The van der Waals surface area contributed by atoms with Gasteiger partial charge in [0.15, 0.2) is 0 Å². The van der Waals surface area contributed by atoms with E-state index in [-0.39, 0.29) is 0 Å². The summed E-state index contributed by atoms with van der Waals surface area (Å²) in [6.45, 7) is 4.58. The molecule has 0 radical (unpaired) electrons. The maximum atomic E-state index is 4.59. The second kappa shape index (κ2) is 7.43. The topological polar surface area (TPSA) is 46.8 Å². The first-order chi connectivity index (χ1) is 11.9. The van der Waals surface area contributed by atoms with Gasteiger partial charge in [0.2, 0.25) is 0 Å². The Morgan fingerprint density at radius 2 is 1.92 bits per heavy atom. The molecule has 0 bridgehead atoms. The van der Waals surface area contributed by atoms with Crippen LogP contribution in [0.3, 0.4) is 0 Å². The first-order valence-corrected chi connectivity index (χ1v) is 9.43. The summed E-state index contributed by atoms with van der Waals surface area (Å²) in [6.07, 6.45) is 12.4. The summed E-state index contributed by atoms with van der Waals surface area (Å²) in [5, 5.41) is 9.09. The fraction of sp³-hybridized carbons (Fsp3) is 0.632. The van der Waals surface area contributed by atoms with Crippen LogP contribution in [0, 0.1) is 0 Å². The molecule has 0 spiro atoms. The summed E-state index contributed by atoms with van der Waals surface area (Å²) in [5.74, 6) is 3.02. The number of aryl methyl sites for hydroxylation is 1. The zero-order valence-electron chi connectivity index (χ0n) is 14.4. The minimum atomic E-state index is 0.551. The van der Waals surface area contributed by atoms with Crippen molar-refractivity contribution < 1.29 is 0 Å². The summed E-state index contributed by atoms with van der Waals surface area (Å²) < 4.78 is 2.43. The van der Waals surface area contributed by atoms with Crippen LogP contribution in [0.2, 0.25) is 0 Å². The van der Waals surface area contributed by atoms with Crippen LogP contribution in [0.25, 0.3) is 0 Å². The van der Waals surface area contributed by atoms with Gasteiger partial charge in [0.1, 0.15) is 11.6 Å². The maximum absolute atomic E-state index is 4.59. The van der Waals surface area contributed by atoms with E-state index in [1.54, 1.807) is 0 Å². The van der Waals surface area contributed by atoms with Crippen LogP contribution in [-0.4, -0.2) is 44.3 Å². The van der Waals surface area contributed by atoms with Crippen molar-refractivity contribution in [3.63, 3.8) is 0 Å². The van der Waals surface area contributed by atoms with Crippen LogP contribution in [-0.2, 0) is 19.4 Å². The van der Waals surface area contributed by atoms with Gasteiger partial charge in [-0.1, -0.05) is 6.42 Å². The van der Waals surface area contributed by atoms with E-state index < -0.39 is 0 Å². The van der Waals surface area contributed by atoms with Crippen LogP contribution in [0.4, 0.5) is 0 Å². The highest BCUT2D eigenvalue weighted by atomic mass is 15.3. The van der Waals surface area contributed by atoms with E-state index >= 15 is 0 Å². The van der Waals surface area contributed by atoms with Crippen molar-refractivity contribution >= 4 is 0 Å². The van der Waals surface area contributed by atoms with Gasteiger partial charge in [-0.3, -0.25) is 4.98 Å². The van der Waals surface area contributed by atoms with Crippen molar-refractivity contribution in [2.45, 2.75) is 57.4 Å². The average molecular weight is 325 g/mol. The van der Waals surface area contributed by atoms with Gasteiger partial charge in [0, 0.05) is 44.4 Å². The first-order valence-electron chi connectivity index (χ1n) is 9.43. The van der Waals surface area contributed by atoms with Crippen LogP contribution in [0.15, 0.2) is 24.5 Å². The lowest BCUT2D eigenvalue weighted by atomic mass is 9.96. The molecule has 5 heteroatoms. The van der Waals surface area contributed by atoms with Gasteiger partial charge in [-0.2, -0.15) is 0 Å². The van der Waals surface area contributed by atoms with E-state index in [0.29, 0.717) is 5.92 Å². The lowest BCUT2D eigenvalue weighted by molar-refractivity contribution is 0.204. The second-order valence-corrected chi connectivity index (χ2v) is 7.18. The predicted molar refractivity (Wildman–Crippen MR) is 93.9 cm³/mol. The van der Waals surface area contributed by atoms with E-state index in [4.69, 9.17) is 0 Å². The van der Waals surface area contributed by atoms with E-state index in [1.807, 2.05) is 12.4 Å². The van der Waals surface area contributed by atoms with Crippen molar-refractivity contribution in [3.05, 3.63) is 41.7 Å². The van der Waals surface area contributed by atoms with E-state index in [1.165, 1.54) is 55.9 Å². The van der Waals surface area contributed by atoms with Gasteiger partial charge in [-0.15, -0.1) is 10.2 Å². The minimum Gasteiger partial charge on any atom is -0.315 e. The number of piperidine rings is 1. The average Bonchev–Trinajstić information content (AvgIpc) is 2.90. The molecule has 4 rings (SSSR count). The van der Waals surface area contributed by atoms with Crippen molar-refractivity contribution in [2.24, 2.45) is 0 Å². The third kappa shape index (κ3) is 3.51. The zero-order valence-corrected chi connectivity index (χ0v) is 14.4. The normalized spacial score (nSPS) is 22.1. The number of fused-ring (bicyclic) bond motifs is 1. The SMILES string of the molecule is c1cc(CCN2CCC[C@@H](c3nnc4n3CCCCC4)C2)ccn1. The highest BCUT2D eigenvalue weighted by Gasteiger charge is 2.27. The van der Waals surface area contributed by atoms with Gasteiger partial charge in [-0.25, -0.2) is 0 Å². The molecular weight excluding hydrogens is 298 g/mol. The second-order valence-electron chi connectivity index (χ2n) is 7.18. The van der Waals surface area contributed by atoms with E-state index in [9.17, 15) is 0 Å². The molecule has 2 aromatic rings. The smallest absolute Gasteiger partial charge is 0.137 e. The highest BCUT2D eigenvalue weighted by molar-refractivity contribution is 5.10. The van der Waals surface area contributed by atoms with Crippen LogP contribution in [0.5, 0.6) is 0 Å². The zero-order chi connectivity index (χ0) is 16.2. The Bertz CT molecular complexity index is 651. The Morgan fingerprint density at radius 3 is 2.83 bits per heavy atom. The minimum absolute atomic E-state index is 0.551. The molecule has 0 aliphatic carbocycles. The quantitative estimate of drug-likeness (QED) is 0.867. The van der Waals surface area contributed by atoms with Crippen LogP contribution in [0.1, 0.15) is 55.2 Å². The number of aromatic nitrogens is 4. The number of likely N-dealkylation sites (tertiary alicyclic amines) is 1. The molecule has 0 N–H and O–H groups in total. The predicted octanol–water partition coefficient (Wildman–Crippen LogP) is 2.82. The van der Waals surface area contributed by atoms with Crippen molar-refractivity contribution in [3.8, 4) is 0 Å². The summed E-state index contributed by atoms with van der Waals surface area (Å²) in [5.41, 5.74) is 1.38.